The first-order chi connectivity index (χ1) is 5.31. The molecule has 0 amide bonds. The van der Waals surface area contributed by atoms with Crippen LogP contribution in [0.15, 0.2) is 30.1 Å². The van der Waals surface area contributed by atoms with Crippen LogP contribution in [0.4, 0.5) is 0 Å². The predicted octanol–water partition coefficient (Wildman–Crippen LogP) is 2.03. The van der Waals surface area contributed by atoms with Gasteiger partial charge in [-0.2, -0.15) is 0 Å². The first-order valence-electron chi connectivity index (χ1n) is 3.65. The van der Waals surface area contributed by atoms with Gasteiger partial charge in [-0.15, -0.1) is 4.91 Å². The number of hydrogen-bond acceptors (Lipinski definition) is 2. The van der Waals surface area contributed by atoms with E-state index < -0.39 is 0 Å². The van der Waals surface area contributed by atoms with Crippen molar-refractivity contribution in [2.24, 2.45) is 11.2 Å². The maximum absolute atomic E-state index is 9.61. The third-order valence-corrected chi connectivity index (χ3v) is 1.35. The fourth-order valence-corrected chi connectivity index (χ4v) is 0.702. The van der Waals surface area contributed by atoms with Gasteiger partial charge in [0.2, 0.25) is 0 Å². The lowest BCUT2D eigenvalue weighted by atomic mass is 10.1. The lowest BCUT2D eigenvalue weighted by Gasteiger charge is -2.02. The van der Waals surface area contributed by atoms with Gasteiger partial charge in [-0.1, -0.05) is 31.7 Å². The minimum Gasteiger partial charge on any atom is -0.274 e. The summed E-state index contributed by atoms with van der Waals surface area (Å²) in [5.41, 5.74) is 2.37. The van der Waals surface area contributed by atoms with Gasteiger partial charge in [-0.3, -0.25) is 5.43 Å². The summed E-state index contributed by atoms with van der Waals surface area (Å²) in [5, 5.41) is 2.54. The first-order valence-corrected chi connectivity index (χ1v) is 3.65. The predicted molar refractivity (Wildman–Crippen MR) is 46.9 cm³/mol. The summed E-state index contributed by atoms with van der Waals surface area (Å²) < 4.78 is 0. The number of nitroso groups, excluding NO2 is 1. The molecule has 1 atom stereocenters. The molecule has 1 unspecified atom stereocenters. The van der Waals surface area contributed by atoms with Gasteiger partial charge in [0.15, 0.2) is 0 Å². The highest BCUT2D eigenvalue weighted by Gasteiger charge is 1.94. The monoisotopic (exact) mass is 154 g/mol. The third kappa shape index (κ3) is 6.77. The van der Waals surface area contributed by atoms with E-state index in [4.69, 9.17) is 0 Å². The molecule has 11 heavy (non-hydrogen) atoms. The Balaban J connectivity index is 3.35. The lowest BCUT2D eigenvalue weighted by molar-refractivity contribution is 0.588. The summed E-state index contributed by atoms with van der Waals surface area (Å²) in [4.78, 5) is 9.61. The van der Waals surface area contributed by atoms with Gasteiger partial charge in [0.1, 0.15) is 0 Å². The van der Waals surface area contributed by atoms with Crippen molar-refractivity contribution in [2.45, 2.75) is 13.3 Å². The molecule has 0 bridgehead atoms. The molecule has 1 N–H and O–H groups in total. The van der Waals surface area contributed by atoms with E-state index in [2.05, 4.69) is 24.2 Å². The van der Waals surface area contributed by atoms with Gasteiger partial charge in [-0.25, -0.2) is 0 Å². The number of nitrogens with zero attached hydrogens (tertiary/aromatic N) is 1. The normalized spacial score (nSPS) is 12.8. The van der Waals surface area contributed by atoms with Crippen LogP contribution in [0.2, 0.25) is 0 Å². The summed E-state index contributed by atoms with van der Waals surface area (Å²) in [6, 6.07) is 0. The van der Waals surface area contributed by atoms with E-state index in [1.165, 1.54) is 0 Å². The fourth-order valence-electron chi connectivity index (χ4n) is 0.702. The standard InChI is InChI=1S/C8H14N2O/c1-3-4-5-8(2)6-7-9-10-11/h3-5,8H,1,6-7H2,2H3,(H,9,11)/b5-4-. The Morgan fingerprint density at radius 3 is 3.00 bits per heavy atom. The van der Waals surface area contributed by atoms with Crippen molar-refractivity contribution in [1.82, 2.24) is 5.43 Å². The van der Waals surface area contributed by atoms with Crippen molar-refractivity contribution in [3.05, 3.63) is 29.7 Å². The summed E-state index contributed by atoms with van der Waals surface area (Å²) in [7, 11) is 0. The van der Waals surface area contributed by atoms with Crippen molar-refractivity contribution >= 4 is 0 Å². The molecule has 3 nitrogen and oxygen atoms in total. The van der Waals surface area contributed by atoms with Crippen LogP contribution in [0.1, 0.15) is 13.3 Å². The van der Waals surface area contributed by atoms with Crippen LogP contribution in [0.5, 0.6) is 0 Å². The van der Waals surface area contributed by atoms with E-state index in [1.54, 1.807) is 6.08 Å². The maximum atomic E-state index is 9.61. The molecule has 62 valence electrons. The molecule has 0 radical (unpaired) electrons. The highest BCUT2D eigenvalue weighted by Crippen LogP contribution is 2.01. The van der Waals surface area contributed by atoms with Crippen LogP contribution < -0.4 is 5.43 Å². The Morgan fingerprint density at radius 1 is 1.73 bits per heavy atom. The maximum Gasteiger partial charge on any atom is 0.0496 e. The van der Waals surface area contributed by atoms with E-state index in [0.717, 1.165) is 6.42 Å². The van der Waals surface area contributed by atoms with Crippen molar-refractivity contribution in [3.8, 4) is 0 Å². The molecular weight excluding hydrogens is 140 g/mol. The molecule has 0 aliphatic carbocycles. The molecule has 0 saturated heterocycles. The van der Waals surface area contributed by atoms with Gasteiger partial charge < -0.3 is 0 Å². The number of allylic oxidation sites excluding steroid dienone is 3. The van der Waals surface area contributed by atoms with Gasteiger partial charge in [0, 0.05) is 11.8 Å². The van der Waals surface area contributed by atoms with Gasteiger partial charge in [0.25, 0.3) is 0 Å². The van der Waals surface area contributed by atoms with Crippen molar-refractivity contribution in [2.75, 3.05) is 6.54 Å². The largest absolute Gasteiger partial charge is 0.274 e. The van der Waals surface area contributed by atoms with Gasteiger partial charge >= 0.3 is 0 Å². The zero-order chi connectivity index (χ0) is 8.53. The van der Waals surface area contributed by atoms with Crippen LogP contribution in [0, 0.1) is 10.8 Å². The molecule has 0 aliphatic rings. The van der Waals surface area contributed by atoms with E-state index in [1.807, 2.05) is 12.2 Å². The SMILES string of the molecule is C=C/C=C\C(C)CCNN=O. The highest BCUT2D eigenvalue weighted by molar-refractivity contribution is 4.99. The van der Waals surface area contributed by atoms with E-state index in [9.17, 15) is 4.91 Å². The van der Waals surface area contributed by atoms with Crippen LogP contribution in [0.25, 0.3) is 0 Å². The molecule has 0 aliphatic heterocycles. The summed E-state index contributed by atoms with van der Waals surface area (Å²) >= 11 is 0. The summed E-state index contributed by atoms with van der Waals surface area (Å²) in [5.74, 6) is 0.460. The van der Waals surface area contributed by atoms with Crippen molar-refractivity contribution in [3.63, 3.8) is 0 Å². The molecule has 0 aromatic carbocycles. The molecule has 0 heterocycles. The van der Waals surface area contributed by atoms with Crippen LogP contribution in [0.3, 0.4) is 0 Å². The second-order valence-corrected chi connectivity index (χ2v) is 2.39. The average molecular weight is 154 g/mol. The summed E-state index contributed by atoms with van der Waals surface area (Å²) in [6.07, 6.45) is 6.59. The highest BCUT2D eigenvalue weighted by atomic mass is 16.3. The lowest BCUT2D eigenvalue weighted by Crippen LogP contribution is -2.08. The Labute approximate surface area is 67.1 Å². The van der Waals surface area contributed by atoms with Crippen LogP contribution in [-0.2, 0) is 0 Å². The zero-order valence-corrected chi connectivity index (χ0v) is 6.79. The Kier molecular flexibility index (Phi) is 6.28. The number of nitrogens with one attached hydrogen (secondary N) is 1. The molecule has 0 spiro atoms. The molecule has 0 saturated carbocycles. The van der Waals surface area contributed by atoms with Crippen LogP contribution >= 0.6 is 0 Å². The molecule has 0 aromatic rings. The smallest absolute Gasteiger partial charge is 0.0496 e. The van der Waals surface area contributed by atoms with E-state index in [-0.39, 0.29) is 0 Å². The van der Waals surface area contributed by atoms with Gasteiger partial charge in [0.05, 0.1) is 0 Å². The fraction of sp³-hybridized carbons (Fsp3) is 0.500. The average Bonchev–Trinajstić information content (AvgIpc) is 2.01. The minimum atomic E-state index is 0.460. The third-order valence-electron chi connectivity index (χ3n) is 1.35. The van der Waals surface area contributed by atoms with Gasteiger partial charge in [-0.05, 0) is 12.3 Å². The Bertz CT molecular complexity index is 143. The molecule has 3 heteroatoms. The quantitative estimate of drug-likeness (QED) is 0.275. The Hall–Kier alpha value is -1.12. The van der Waals surface area contributed by atoms with Crippen molar-refractivity contribution in [1.29, 1.82) is 0 Å². The first kappa shape index (κ1) is 9.88. The second-order valence-electron chi connectivity index (χ2n) is 2.39. The second kappa shape index (κ2) is 6.99. The van der Waals surface area contributed by atoms with E-state index in [0.29, 0.717) is 12.5 Å². The zero-order valence-electron chi connectivity index (χ0n) is 6.79. The number of hydrogen-bond donors (Lipinski definition) is 1. The molecule has 0 rings (SSSR count). The van der Waals surface area contributed by atoms with E-state index >= 15 is 0 Å². The number of rotatable bonds is 6. The topological polar surface area (TPSA) is 41.5 Å². The summed E-state index contributed by atoms with van der Waals surface area (Å²) in [6.45, 7) is 6.27. The van der Waals surface area contributed by atoms with Crippen molar-refractivity contribution < 1.29 is 0 Å². The molecule has 0 fully saturated rings. The minimum absolute atomic E-state index is 0.460. The molecular formula is C8H14N2O. The Morgan fingerprint density at radius 2 is 2.45 bits per heavy atom. The molecule has 0 aromatic heterocycles. The van der Waals surface area contributed by atoms with Crippen LogP contribution in [-0.4, -0.2) is 6.54 Å².